The molecule has 2 aromatic heterocycles. The van der Waals surface area contributed by atoms with E-state index in [0.717, 1.165) is 11.1 Å². The number of H-pyrrole nitrogens is 1. The van der Waals surface area contributed by atoms with Gasteiger partial charge in [-0.3, -0.25) is 5.10 Å². The molecule has 3 rings (SSSR count). The lowest BCUT2D eigenvalue weighted by atomic mass is 10.2. The van der Waals surface area contributed by atoms with Crippen LogP contribution in [0.3, 0.4) is 0 Å². The van der Waals surface area contributed by atoms with Gasteiger partial charge in [0.2, 0.25) is 0 Å². The maximum Gasteiger partial charge on any atom is 0.181 e. The van der Waals surface area contributed by atoms with E-state index in [1.807, 2.05) is 6.92 Å². The average Bonchev–Trinajstić information content (AvgIpc) is 2.88. The van der Waals surface area contributed by atoms with Crippen LogP contribution in [0.15, 0.2) is 24.4 Å². The van der Waals surface area contributed by atoms with E-state index < -0.39 is 11.6 Å². The Hall–Kier alpha value is -2.70. The number of fused-ring (bicyclic) bond motifs is 1. The summed E-state index contributed by atoms with van der Waals surface area (Å²) in [7, 11) is 1.57. The van der Waals surface area contributed by atoms with Gasteiger partial charge in [-0.15, -0.1) is 0 Å². The molecule has 0 unspecified atom stereocenters. The van der Waals surface area contributed by atoms with Crippen molar-refractivity contribution in [2.45, 2.75) is 13.5 Å². The average molecular weight is 304 g/mol. The van der Waals surface area contributed by atoms with Crippen LogP contribution in [-0.4, -0.2) is 22.2 Å². The number of rotatable bonds is 4. The van der Waals surface area contributed by atoms with Crippen molar-refractivity contribution >= 4 is 16.7 Å². The molecule has 114 valence electrons. The van der Waals surface area contributed by atoms with E-state index in [1.54, 1.807) is 13.1 Å². The van der Waals surface area contributed by atoms with Crippen molar-refractivity contribution in [2.24, 2.45) is 0 Å². The van der Waals surface area contributed by atoms with E-state index in [9.17, 15) is 8.78 Å². The molecule has 1 aromatic carbocycles. The zero-order valence-electron chi connectivity index (χ0n) is 12.1. The van der Waals surface area contributed by atoms with E-state index in [2.05, 4.69) is 20.5 Å². The van der Waals surface area contributed by atoms with E-state index in [4.69, 9.17) is 4.74 Å². The minimum atomic E-state index is -0.656. The first-order chi connectivity index (χ1) is 10.6. The Labute approximate surface area is 125 Å². The lowest BCUT2D eigenvalue weighted by molar-refractivity contribution is 0.292. The Morgan fingerprint density at radius 2 is 2.14 bits per heavy atom. The number of pyridine rings is 1. The van der Waals surface area contributed by atoms with Crippen LogP contribution in [0.25, 0.3) is 11.0 Å². The van der Waals surface area contributed by atoms with Crippen molar-refractivity contribution in [3.8, 4) is 5.75 Å². The van der Waals surface area contributed by atoms with Gasteiger partial charge in [0.15, 0.2) is 11.5 Å². The minimum Gasteiger partial charge on any atom is -0.487 e. The Morgan fingerprint density at radius 1 is 1.32 bits per heavy atom. The number of hydrogen-bond donors (Lipinski definition) is 2. The molecule has 0 saturated heterocycles. The number of aromatic nitrogens is 3. The third-order valence-corrected chi connectivity index (χ3v) is 3.41. The molecule has 0 saturated carbocycles. The quantitative estimate of drug-likeness (QED) is 0.777. The molecule has 3 aromatic rings. The monoisotopic (exact) mass is 304 g/mol. The first-order valence-corrected chi connectivity index (χ1v) is 6.68. The number of nitrogens with one attached hydrogen (secondary N) is 2. The summed E-state index contributed by atoms with van der Waals surface area (Å²) in [4.78, 5) is 4.13. The Bertz CT molecular complexity index is 832. The van der Waals surface area contributed by atoms with Gasteiger partial charge >= 0.3 is 0 Å². The molecule has 2 N–H and O–H groups in total. The van der Waals surface area contributed by atoms with Crippen molar-refractivity contribution in [1.82, 2.24) is 15.2 Å². The summed E-state index contributed by atoms with van der Waals surface area (Å²) in [5.74, 6) is -0.883. The standard InChI is InChI=1S/C15H14F2N4O/c1-8-10-5-9(6-19-15(10)21-20-8)22-7-11-12(16)3-4-13(18-2)14(11)17/h3-6,18H,7H2,1-2H3,(H,19,20,21). The highest BCUT2D eigenvalue weighted by molar-refractivity contribution is 5.78. The minimum absolute atomic E-state index is 0.129. The third kappa shape index (κ3) is 2.45. The molecule has 0 bridgehead atoms. The highest BCUT2D eigenvalue weighted by atomic mass is 19.1. The maximum absolute atomic E-state index is 14.1. The van der Waals surface area contributed by atoms with Crippen molar-refractivity contribution in [1.29, 1.82) is 0 Å². The second-order valence-electron chi connectivity index (χ2n) is 4.82. The third-order valence-electron chi connectivity index (χ3n) is 3.41. The molecular formula is C15H14F2N4O. The van der Waals surface area contributed by atoms with E-state index in [1.165, 1.54) is 18.3 Å². The highest BCUT2D eigenvalue weighted by Crippen LogP contribution is 2.24. The molecule has 0 aliphatic heterocycles. The lowest BCUT2D eigenvalue weighted by Crippen LogP contribution is -2.05. The van der Waals surface area contributed by atoms with E-state index >= 15 is 0 Å². The van der Waals surface area contributed by atoms with E-state index in [-0.39, 0.29) is 17.9 Å². The second-order valence-corrected chi connectivity index (χ2v) is 4.82. The zero-order chi connectivity index (χ0) is 15.7. The SMILES string of the molecule is CNc1ccc(F)c(COc2cnc3n[nH]c(C)c3c2)c1F. The van der Waals surface area contributed by atoms with Crippen LogP contribution in [0.2, 0.25) is 0 Å². The lowest BCUT2D eigenvalue weighted by Gasteiger charge is -2.10. The van der Waals surface area contributed by atoms with Crippen LogP contribution in [0.5, 0.6) is 5.75 Å². The van der Waals surface area contributed by atoms with Gasteiger partial charge in [-0.2, -0.15) is 5.10 Å². The molecule has 5 nitrogen and oxygen atoms in total. The topological polar surface area (TPSA) is 62.8 Å². The summed E-state index contributed by atoms with van der Waals surface area (Å²) >= 11 is 0. The molecule has 2 heterocycles. The molecule has 22 heavy (non-hydrogen) atoms. The molecule has 0 radical (unpaired) electrons. The first kappa shape index (κ1) is 14.2. The first-order valence-electron chi connectivity index (χ1n) is 6.68. The normalized spacial score (nSPS) is 10.9. The number of aryl methyl sites for hydroxylation is 1. The predicted octanol–water partition coefficient (Wildman–Crippen LogP) is 3.17. The summed E-state index contributed by atoms with van der Waals surface area (Å²) in [6.07, 6.45) is 1.47. The molecule has 7 heteroatoms. The van der Waals surface area contributed by atoms with Crippen LogP contribution in [0, 0.1) is 18.6 Å². The fourth-order valence-corrected chi connectivity index (χ4v) is 2.16. The van der Waals surface area contributed by atoms with Crippen molar-refractivity contribution < 1.29 is 13.5 Å². The number of ether oxygens (including phenoxy) is 1. The van der Waals surface area contributed by atoms with Crippen molar-refractivity contribution in [3.63, 3.8) is 0 Å². The summed E-state index contributed by atoms with van der Waals surface area (Å²) in [6.45, 7) is 1.63. The fraction of sp³-hybridized carbons (Fsp3) is 0.200. The molecule has 0 spiro atoms. The number of benzene rings is 1. The molecule has 0 aliphatic rings. The molecule has 0 fully saturated rings. The summed E-state index contributed by atoms with van der Waals surface area (Å²) in [6, 6.07) is 4.28. The Kier molecular flexibility index (Phi) is 3.62. The largest absolute Gasteiger partial charge is 0.487 e. The van der Waals surface area contributed by atoms with Crippen LogP contribution in [-0.2, 0) is 6.61 Å². The zero-order valence-corrected chi connectivity index (χ0v) is 12.1. The van der Waals surface area contributed by atoms with Crippen LogP contribution >= 0.6 is 0 Å². The highest BCUT2D eigenvalue weighted by Gasteiger charge is 2.14. The number of halogens is 2. The Morgan fingerprint density at radius 3 is 2.91 bits per heavy atom. The number of nitrogens with zero attached hydrogens (tertiary/aromatic N) is 2. The van der Waals surface area contributed by atoms with Gasteiger partial charge < -0.3 is 10.1 Å². The van der Waals surface area contributed by atoms with Crippen LogP contribution < -0.4 is 10.1 Å². The maximum atomic E-state index is 14.1. The molecule has 0 amide bonds. The molecule has 0 aliphatic carbocycles. The second kappa shape index (κ2) is 5.59. The fourth-order valence-electron chi connectivity index (χ4n) is 2.16. The van der Waals surface area contributed by atoms with Gasteiger partial charge in [0, 0.05) is 18.1 Å². The van der Waals surface area contributed by atoms with Crippen molar-refractivity contribution in [3.05, 3.63) is 47.3 Å². The van der Waals surface area contributed by atoms with Gasteiger partial charge in [-0.25, -0.2) is 13.8 Å². The smallest absolute Gasteiger partial charge is 0.181 e. The Balaban J connectivity index is 1.86. The van der Waals surface area contributed by atoms with Gasteiger partial charge in [-0.05, 0) is 25.1 Å². The van der Waals surface area contributed by atoms with Gasteiger partial charge in [0.1, 0.15) is 18.2 Å². The molecular weight excluding hydrogens is 290 g/mol. The van der Waals surface area contributed by atoms with Crippen molar-refractivity contribution in [2.75, 3.05) is 12.4 Å². The summed E-state index contributed by atoms with van der Waals surface area (Å²) < 4.78 is 33.3. The van der Waals surface area contributed by atoms with Gasteiger partial charge in [-0.1, -0.05) is 0 Å². The predicted molar refractivity (Wildman–Crippen MR) is 78.9 cm³/mol. The summed E-state index contributed by atoms with van der Waals surface area (Å²) in [5, 5.41) is 10.3. The van der Waals surface area contributed by atoms with Crippen LogP contribution in [0.4, 0.5) is 14.5 Å². The molecule has 0 atom stereocenters. The summed E-state index contributed by atoms with van der Waals surface area (Å²) in [5.41, 5.74) is 1.51. The number of hydrogen-bond acceptors (Lipinski definition) is 4. The van der Waals surface area contributed by atoms with Crippen LogP contribution in [0.1, 0.15) is 11.3 Å². The van der Waals surface area contributed by atoms with Gasteiger partial charge in [0.05, 0.1) is 17.4 Å². The number of aromatic amines is 1. The van der Waals surface area contributed by atoms with Gasteiger partial charge in [0.25, 0.3) is 0 Å². The number of anilines is 1. The van der Waals surface area contributed by atoms with E-state index in [0.29, 0.717) is 11.4 Å².